The van der Waals surface area contributed by atoms with Crippen molar-refractivity contribution in [3.05, 3.63) is 68.4 Å². The summed E-state index contributed by atoms with van der Waals surface area (Å²) in [5.41, 5.74) is -0.574. The average Bonchev–Trinajstić information content (AvgIpc) is 3.16. The van der Waals surface area contributed by atoms with E-state index < -0.39 is 17.3 Å². The first-order valence-corrected chi connectivity index (χ1v) is 9.31. The van der Waals surface area contributed by atoms with Crippen LogP contribution in [-0.4, -0.2) is 19.3 Å². The Balaban J connectivity index is 1.88. The molecule has 4 aromatic rings. The molecule has 0 bridgehead atoms. The van der Waals surface area contributed by atoms with Crippen LogP contribution in [0.25, 0.3) is 22.5 Å². The second-order valence-electron chi connectivity index (χ2n) is 6.89. The molecule has 6 nitrogen and oxygen atoms in total. The number of rotatable bonds is 3. The largest absolute Gasteiger partial charge is 0.441 e. The monoisotopic (exact) mass is 436 g/mol. The molecule has 0 aliphatic rings. The predicted molar refractivity (Wildman–Crippen MR) is 106 cm³/mol. The Morgan fingerprint density at radius 3 is 2.57 bits per heavy atom. The molecule has 10 heteroatoms. The molecule has 0 unspecified atom stereocenters. The standard InChI is InChI=1S/C20H16ClF3N4O2/c1-10-17-13(20(22,23)24)8-16(29)28(19(17)27(3)26-10)9-15-11(2)30-18(25-15)12-6-4-5-7-14(12)21/h4-8H,9H2,1-3H3. The highest BCUT2D eigenvalue weighted by atomic mass is 35.5. The van der Waals surface area contributed by atoms with Gasteiger partial charge in [0.15, 0.2) is 0 Å². The normalized spacial score (nSPS) is 12.1. The molecule has 0 fully saturated rings. The first kappa shape index (κ1) is 20.2. The van der Waals surface area contributed by atoms with Gasteiger partial charge in [-0.15, -0.1) is 0 Å². The van der Waals surface area contributed by atoms with Gasteiger partial charge in [-0.2, -0.15) is 18.3 Å². The van der Waals surface area contributed by atoms with E-state index in [1.54, 1.807) is 31.2 Å². The molecular formula is C20H16ClF3N4O2. The lowest BCUT2D eigenvalue weighted by atomic mass is 10.1. The average molecular weight is 437 g/mol. The fourth-order valence-corrected chi connectivity index (χ4v) is 3.72. The van der Waals surface area contributed by atoms with E-state index in [0.717, 1.165) is 0 Å². The van der Waals surface area contributed by atoms with Crippen LogP contribution in [0.4, 0.5) is 13.2 Å². The van der Waals surface area contributed by atoms with Gasteiger partial charge in [-0.3, -0.25) is 14.0 Å². The maximum absolute atomic E-state index is 13.5. The van der Waals surface area contributed by atoms with Gasteiger partial charge in [-0.25, -0.2) is 4.98 Å². The second kappa shape index (κ2) is 7.02. The number of oxazole rings is 1. The van der Waals surface area contributed by atoms with E-state index in [1.165, 1.54) is 23.2 Å². The smallest absolute Gasteiger partial charge is 0.417 e. The Bertz CT molecular complexity index is 1330. The SMILES string of the molecule is Cc1oc(-c2ccccc2Cl)nc1Cn1c(=O)cc(C(F)(F)F)c2c(C)nn(C)c21. The van der Waals surface area contributed by atoms with Gasteiger partial charge >= 0.3 is 6.18 Å². The number of fused-ring (bicyclic) bond motifs is 1. The van der Waals surface area contributed by atoms with Crippen LogP contribution in [0.1, 0.15) is 22.7 Å². The fourth-order valence-electron chi connectivity index (χ4n) is 3.50. The van der Waals surface area contributed by atoms with Crippen molar-refractivity contribution < 1.29 is 17.6 Å². The number of hydrogen-bond donors (Lipinski definition) is 0. The van der Waals surface area contributed by atoms with Gasteiger partial charge in [0.25, 0.3) is 5.56 Å². The molecule has 0 atom stereocenters. The second-order valence-corrected chi connectivity index (χ2v) is 7.30. The Hall–Kier alpha value is -3.07. The van der Waals surface area contributed by atoms with Crippen LogP contribution in [0, 0.1) is 13.8 Å². The number of hydrogen-bond acceptors (Lipinski definition) is 4. The number of aryl methyl sites for hydroxylation is 3. The van der Waals surface area contributed by atoms with Crippen LogP contribution in [-0.2, 0) is 19.8 Å². The summed E-state index contributed by atoms with van der Waals surface area (Å²) in [6.45, 7) is 3.07. The lowest BCUT2D eigenvalue weighted by Gasteiger charge is -2.13. The molecule has 4 rings (SSSR count). The minimum Gasteiger partial charge on any atom is -0.441 e. The lowest BCUT2D eigenvalue weighted by Crippen LogP contribution is -2.25. The third-order valence-corrected chi connectivity index (χ3v) is 5.19. The van der Waals surface area contributed by atoms with Crippen molar-refractivity contribution in [3.8, 4) is 11.5 Å². The number of benzene rings is 1. The predicted octanol–water partition coefficient (Wildman–Crippen LogP) is 4.73. The summed E-state index contributed by atoms with van der Waals surface area (Å²) in [6, 6.07) is 7.58. The Kier molecular flexibility index (Phi) is 4.73. The van der Waals surface area contributed by atoms with Crippen LogP contribution in [0.3, 0.4) is 0 Å². The number of pyridine rings is 1. The summed E-state index contributed by atoms with van der Waals surface area (Å²) in [5, 5.41) is 4.42. The van der Waals surface area contributed by atoms with E-state index in [2.05, 4.69) is 10.1 Å². The van der Waals surface area contributed by atoms with Crippen molar-refractivity contribution in [1.29, 1.82) is 0 Å². The molecule has 0 N–H and O–H groups in total. The van der Waals surface area contributed by atoms with Crippen molar-refractivity contribution in [2.75, 3.05) is 0 Å². The lowest BCUT2D eigenvalue weighted by molar-refractivity contribution is -0.136. The Morgan fingerprint density at radius 1 is 1.20 bits per heavy atom. The van der Waals surface area contributed by atoms with Gasteiger partial charge < -0.3 is 4.42 Å². The third kappa shape index (κ3) is 3.28. The van der Waals surface area contributed by atoms with Crippen LogP contribution in [0.5, 0.6) is 0 Å². The summed E-state index contributed by atoms with van der Waals surface area (Å²) in [7, 11) is 1.50. The molecule has 30 heavy (non-hydrogen) atoms. The molecule has 0 spiro atoms. The van der Waals surface area contributed by atoms with Crippen LogP contribution >= 0.6 is 11.6 Å². The Morgan fingerprint density at radius 2 is 1.90 bits per heavy atom. The van der Waals surface area contributed by atoms with E-state index in [-0.39, 0.29) is 29.2 Å². The maximum atomic E-state index is 13.5. The minimum absolute atomic E-state index is 0.0639. The van der Waals surface area contributed by atoms with Crippen molar-refractivity contribution in [2.24, 2.45) is 7.05 Å². The summed E-state index contributed by atoms with van der Waals surface area (Å²) < 4.78 is 48.7. The van der Waals surface area contributed by atoms with Gasteiger partial charge in [0.2, 0.25) is 5.89 Å². The van der Waals surface area contributed by atoms with Crippen LogP contribution in [0.2, 0.25) is 5.02 Å². The first-order chi connectivity index (χ1) is 14.1. The summed E-state index contributed by atoms with van der Waals surface area (Å²) in [5.74, 6) is 0.703. The quantitative estimate of drug-likeness (QED) is 0.466. The van der Waals surface area contributed by atoms with E-state index >= 15 is 0 Å². The minimum atomic E-state index is -4.68. The maximum Gasteiger partial charge on any atom is 0.417 e. The van der Waals surface area contributed by atoms with Gasteiger partial charge in [0, 0.05) is 13.1 Å². The molecule has 156 valence electrons. The van der Waals surface area contributed by atoms with Gasteiger partial charge in [-0.1, -0.05) is 23.7 Å². The molecule has 0 saturated carbocycles. The van der Waals surface area contributed by atoms with Gasteiger partial charge in [-0.05, 0) is 26.0 Å². The molecule has 3 aromatic heterocycles. The molecule has 0 aliphatic carbocycles. The molecule has 0 amide bonds. The zero-order chi connectivity index (χ0) is 21.8. The summed E-state index contributed by atoms with van der Waals surface area (Å²) >= 11 is 6.19. The molecular weight excluding hydrogens is 421 g/mol. The van der Waals surface area contributed by atoms with E-state index in [0.29, 0.717) is 28.1 Å². The highest BCUT2D eigenvalue weighted by molar-refractivity contribution is 6.33. The molecule has 3 heterocycles. The number of alkyl halides is 3. The molecule has 0 saturated heterocycles. The van der Waals surface area contributed by atoms with Gasteiger partial charge in [0.05, 0.1) is 33.8 Å². The van der Waals surface area contributed by atoms with E-state index in [1.807, 2.05) is 0 Å². The van der Waals surface area contributed by atoms with Crippen molar-refractivity contribution >= 4 is 22.6 Å². The Labute approximate surface area is 173 Å². The van der Waals surface area contributed by atoms with E-state index in [9.17, 15) is 18.0 Å². The zero-order valence-electron chi connectivity index (χ0n) is 16.2. The number of halogens is 4. The number of aromatic nitrogens is 4. The molecule has 1 aromatic carbocycles. The third-order valence-electron chi connectivity index (χ3n) is 4.86. The summed E-state index contributed by atoms with van der Waals surface area (Å²) in [4.78, 5) is 17.1. The summed E-state index contributed by atoms with van der Waals surface area (Å²) in [6.07, 6.45) is -4.68. The van der Waals surface area contributed by atoms with Crippen molar-refractivity contribution in [3.63, 3.8) is 0 Å². The van der Waals surface area contributed by atoms with Crippen LogP contribution in [0.15, 0.2) is 39.5 Å². The number of nitrogens with zero attached hydrogens (tertiary/aromatic N) is 4. The van der Waals surface area contributed by atoms with Crippen molar-refractivity contribution in [1.82, 2.24) is 19.3 Å². The zero-order valence-corrected chi connectivity index (χ0v) is 17.0. The van der Waals surface area contributed by atoms with Crippen LogP contribution < -0.4 is 5.56 Å². The first-order valence-electron chi connectivity index (χ1n) is 8.93. The van der Waals surface area contributed by atoms with Gasteiger partial charge in [0.1, 0.15) is 17.1 Å². The van der Waals surface area contributed by atoms with Crippen molar-refractivity contribution in [2.45, 2.75) is 26.6 Å². The molecule has 0 aliphatic heterocycles. The fraction of sp³-hybridized carbons (Fsp3) is 0.250. The highest BCUT2D eigenvalue weighted by Gasteiger charge is 2.36. The highest BCUT2D eigenvalue weighted by Crippen LogP contribution is 2.35. The molecule has 0 radical (unpaired) electrons. The topological polar surface area (TPSA) is 65.8 Å². The van der Waals surface area contributed by atoms with E-state index in [4.69, 9.17) is 16.0 Å².